The fraction of sp³-hybridized carbons (Fsp3) is 0.615. The van der Waals surface area contributed by atoms with Gasteiger partial charge in [0.05, 0.1) is 11.3 Å². The summed E-state index contributed by atoms with van der Waals surface area (Å²) in [6.45, 7) is 6.00. The number of hydrogen-bond donors (Lipinski definition) is 2. The molecule has 6 nitrogen and oxygen atoms in total. The van der Waals surface area contributed by atoms with Crippen molar-refractivity contribution in [1.29, 1.82) is 0 Å². The molecule has 19 heavy (non-hydrogen) atoms. The van der Waals surface area contributed by atoms with Gasteiger partial charge < -0.3 is 15.8 Å². The fourth-order valence-corrected chi connectivity index (χ4v) is 2.63. The summed E-state index contributed by atoms with van der Waals surface area (Å²) in [4.78, 5) is 2.17. The van der Waals surface area contributed by atoms with Crippen molar-refractivity contribution in [3.05, 3.63) is 16.8 Å². The van der Waals surface area contributed by atoms with E-state index in [9.17, 15) is 0 Å². The number of oxime groups is 1. The number of nitrogens with two attached hydrogens (primary N) is 1. The van der Waals surface area contributed by atoms with Gasteiger partial charge in [0.2, 0.25) is 0 Å². The van der Waals surface area contributed by atoms with Crippen molar-refractivity contribution in [2.24, 2.45) is 10.9 Å². The van der Waals surface area contributed by atoms with Crippen LogP contribution in [0.15, 0.2) is 5.16 Å². The van der Waals surface area contributed by atoms with E-state index >= 15 is 0 Å². The molecule has 1 saturated heterocycles. The molecule has 2 heterocycles. The summed E-state index contributed by atoms with van der Waals surface area (Å²) in [5.41, 5.74) is 8.58. The van der Waals surface area contributed by atoms with Crippen LogP contribution >= 0.6 is 0 Å². The van der Waals surface area contributed by atoms with Crippen molar-refractivity contribution in [2.45, 2.75) is 39.5 Å². The first-order valence-corrected chi connectivity index (χ1v) is 6.84. The number of nitrogens with zero attached hydrogens (tertiary/aromatic N) is 4. The summed E-state index contributed by atoms with van der Waals surface area (Å²) >= 11 is 0. The number of aromatic nitrogens is 2. The van der Waals surface area contributed by atoms with Crippen LogP contribution in [0.25, 0.3) is 0 Å². The van der Waals surface area contributed by atoms with Gasteiger partial charge in [0.15, 0.2) is 11.7 Å². The number of amidine groups is 1. The van der Waals surface area contributed by atoms with Crippen LogP contribution in [0.3, 0.4) is 0 Å². The Bertz CT molecular complexity index is 480. The summed E-state index contributed by atoms with van der Waals surface area (Å²) in [7, 11) is 0. The quantitative estimate of drug-likeness (QED) is 0.370. The van der Waals surface area contributed by atoms with Gasteiger partial charge >= 0.3 is 0 Å². The van der Waals surface area contributed by atoms with Gasteiger partial charge in [0.25, 0.3) is 0 Å². The molecule has 0 amide bonds. The van der Waals surface area contributed by atoms with Crippen molar-refractivity contribution in [1.82, 2.24) is 10.2 Å². The third-order valence-electron chi connectivity index (χ3n) is 3.60. The highest BCUT2D eigenvalue weighted by Gasteiger charge is 2.24. The van der Waals surface area contributed by atoms with Crippen LogP contribution in [0.2, 0.25) is 0 Å². The largest absolute Gasteiger partial charge is 0.409 e. The Labute approximate surface area is 113 Å². The molecule has 0 atom stereocenters. The minimum absolute atomic E-state index is 0.128. The highest BCUT2D eigenvalue weighted by Crippen LogP contribution is 2.26. The van der Waals surface area contributed by atoms with E-state index in [0.29, 0.717) is 0 Å². The summed E-state index contributed by atoms with van der Waals surface area (Å²) in [6.07, 6.45) is 3.88. The zero-order valence-corrected chi connectivity index (χ0v) is 11.6. The van der Waals surface area contributed by atoms with Crippen LogP contribution in [0.4, 0.5) is 5.82 Å². The van der Waals surface area contributed by atoms with Crippen LogP contribution in [-0.4, -0.2) is 34.3 Å². The van der Waals surface area contributed by atoms with Gasteiger partial charge in [-0.3, -0.25) is 0 Å². The number of anilines is 1. The van der Waals surface area contributed by atoms with Gasteiger partial charge in [-0.05, 0) is 31.2 Å². The fourth-order valence-electron chi connectivity index (χ4n) is 2.63. The van der Waals surface area contributed by atoms with E-state index < -0.39 is 0 Å². The highest BCUT2D eigenvalue weighted by atomic mass is 16.4. The first kappa shape index (κ1) is 13.6. The lowest BCUT2D eigenvalue weighted by Crippen LogP contribution is -2.27. The molecule has 6 heteroatoms. The lowest BCUT2D eigenvalue weighted by Gasteiger charge is -2.21. The van der Waals surface area contributed by atoms with Crippen molar-refractivity contribution >= 4 is 11.7 Å². The second-order valence-corrected chi connectivity index (χ2v) is 4.71. The maximum absolute atomic E-state index is 9.04. The van der Waals surface area contributed by atoms with Crippen molar-refractivity contribution in [3.8, 4) is 0 Å². The summed E-state index contributed by atoms with van der Waals surface area (Å²) in [6, 6.07) is 0. The van der Waals surface area contributed by atoms with Gasteiger partial charge in [-0.1, -0.05) is 19.0 Å². The van der Waals surface area contributed by atoms with Crippen LogP contribution < -0.4 is 10.6 Å². The third-order valence-corrected chi connectivity index (χ3v) is 3.60. The van der Waals surface area contributed by atoms with Crippen LogP contribution in [0.5, 0.6) is 0 Å². The Morgan fingerprint density at radius 3 is 2.47 bits per heavy atom. The normalized spacial score (nSPS) is 16.1. The van der Waals surface area contributed by atoms with Gasteiger partial charge in [0.1, 0.15) is 0 Å². The summed E-state index contributed by atoms with van der Waals surface area (Å²) < 4.78 is 0. The van der Waals surface area contributed by atoms with Crippen LogP contribution in [0.1, 0.15) is 43.5 Å². The Morgan fingerprint density at radius 1 is 1.26 bits per heavy atom. The first-order chi connectivity index (χ1) is 9.22. The van der Waals surface area contributed by atoms with Gasteiger partial charge in [-0.15, -0.1) is 5.10 Å². The lowest BCUT2D eigenvalue weighted by molar-refractivity contribution is 0.318. The SMILES string of the molecule is CCc1nnc(N2CCCC2)c(C(N)=NO)c1CC. The number of aryl methyl sites for hydroxylation is 1. The van der Waals surface area contributed by atoms with Crippen molar-refractivity contribution in [2.75, 3.05) is 18.0 Å². The van der Waals surface area contributed by atoms with E-state index in [1.807, 2.05) is 6.92 Å². The van der Waals surface area contributed by atoms with Gasteiger partial charge in [-0.25, -0.2) is 0 Å². The molecule has 0 radical (unpaired) electrons. The molecule has 0 saturated carbocycles. The third kappa shape index (κ3) is 2.47. The number of rotatable bonds is 4. The van der Waals surface area contributed by atoms with E-state index in [-0.39, 0.29) is 5.84 Å². The minimum atomic E-state index is 0.128. The first-order valence-electron chi connectivity index (χ1n) is 6.84. The molecular weight excluding hydrogens is 242 g/mol. The van der Waals surface area contributed by atoms with Crippen molar-refractivity contribution < 1.29 is 5.21 Å². The molecule has 0 aliphatic carbocycles. The molecule has 0 aromatic carbocycles. The lowest BCUT2D eigenvalue weighted by atomic mass is 10.0. The molecule has 3 N–H and O–H groups in total. The second kappa shape index (κ2) is 5.86. The molecule has 1 aliphatic heterocycles. The molecule has 0 bridgehead atoms. The average molecular weight is 263 g/mol. The molecule has 0 unspecified atom stereocenters. The Morgan fingerprint density at radius 2 is 1.95 bits per heavy atom. The standard InChI is InChI=1S/C13H21N5O/c1-3-9-10(4-2)15-16-13(11(9)12(14)17-19)18-7-5-6-8-18/h19H,3-8H2,1-2H3,(H2,14,17). The minimum Gasteiger partial charge on any atom is -0.409 e. The summed E-state index contributed by atoms with van der Waals surface area (Å²) in [5, 5.41) is 20.8. The molecule has 1 fully saturated rings. The van der Waals surface area contributed by atoms with E-state index in [1.165, 1.54) is 0 Å². The van der Waals surface area contributed by atoms with E-state index in [2.05, 4.69) is 27.2 Å². The molecule has 2 rings (SSSR count). The van der Waals surface area contributed by atoms with E-state index in [0.717, 1.165) is 61.4 Å². The zero-order chi connectivity index (χ0) is 13.8. The second-order valence-electron chi connectivity index (χ2n) is 4.71. The smallest absolute Gasteiger partial charge is 0.174 e. The molecule has 1 aliphatic rings. The predicted octanol–water partition coefficient (Wildman–Crippen LogP) is 1.30. The van der Waals surface area contributed by atoms with Gasteiger partial charge in [-0.2, -0.15) is 5.10 Å². The van der Waals surface area contributed by atoms with Crippen molar-refractivity contribution in [3.63, 3.8) is 0 Å². The van der Waals surface area contributed by atoms with Gasteiger partial charge in [0, 0.05) is 13.1 Å². The molecule has 104 valence electrons. The molecule has 0 spiro atoms. The number of hydrogen-bond acceptors (Lipinski definition) is 5. The predicted molar refractivity (Wildman–Crippen MR) is 74.7 cm³/mol. The molecular formula is C13H21N5O. The topological polar surface area (TPSA) is 87.6 Å². The highest BCUT2D eigenvalue weighted by molar-refractivity contribution is 6.03. The maximum atomic E-state index is 9.04. The van der Waals surface area contributed by atoms with Crippen LogP contribution in [-0.2, 0) is 12.8 Å². The average Bonchev–Trinajstić information content (AvgIpc) is 2.98. The van der Waals surface area contributed by atoms with E-state index in [4.69, 9.17) is 10.9 Å². The van der Waals surface area contributed by atoms with Crippen LogP contribution in [0, 0.1) is 0 Å². The Hall–Kier alpha value is -1.85. The molecule has 1 aromatic heterocycles. The van der Waals surface area contributed by atoms with E-state index in [1.54, 1.807) is 0 Å². The Kier molecular flexibility index (Phi) is 4.19. The zero-order valence-electron chi connectivity index (χ0n) is 11.6. The maximum Gasteiger partial charge on any atom is 0.174 e. The molecule has 1 aromatic rings. The monoisotopic (exact) mass is 263 g/mol. The Balaban J connectivity index is 2.59. The summed E-state index contributed by atoms with van der Waals surface area (Å²) in [5.74, 6) is 0.880.